The minimum Gasteiger partial charge on any atom is -0.455 e. The molecule has 0 fully saturated rings. The Labute approximate surface area is 339 Å². The van der Waals surface area contributed by atoms with Crippen LogP contribution in [0, 0.1) is 0 Å². The average molecular weight is 729 g/mol. The molecule has 5 nitrogen and oxygen atoms in total. The third-order valence-electron chi connectivity index (χ3n) is 9.80. The largest absolute Gasteiger partial charge is 0.455 e. The van der Waals surface area contributed by atoms with E-state index in [2.05, 4.69) is 0 Å². The minimum atomic E-state index is -0.709. The van der Waals surface area contributed by atoms with Gasteiger partial charge < -0.3 is 8.98 Å². The molecule has 5 heteroatoms. The lowest BCUT2D eigenvalue weighted by Gasteiger charge is -2.16. The monoisotopic (exact) mass is 728 g/mol. The lowest BCUT2D eigenvalue weighted by Crippen LogP contribution is -2.04. The maximum absolute atomic E-state index is 9.79. The number of benzene rings is 8. The molecule has 8 aromatic carbocycles. The molecule has 3 aromatic heterocycles. The van der Waals surface area contributed by atoms with Crippen molar-refractivity contribution < 1.29 is 20.9 Å². The molecule has 0 amide bonds. The van der Waals surface area contributed by atoms with E-state index in [1.165, 1.54) is 4.57 Å². The van der Waals surface area contributed by atoms with Crippen LogP contribution >= 0.6 is 0 Å². The summed E-state index contributed by atoms with van der Waals surface area (Å²) in [6, 6.07) is 29.8. The number of rotatable bonds is 6. The van der Waals surface area contributed by atoms with E-state index >= 15 is 0 Å². The predicted octanol–water partition coefficient (Wildman–Crippen LogP) is 13.2. The van der Waals surface area contributed by atoms with Gasteiger partial charge in [-0.05, 0) is 53.0 Å². The maximum Gasteiger partial charge on any atom is 0.166 e. The molecule has 0 aliphatic carbocycles. The van der Waals surface area contributed by atoms with Crippen LogP contribution in [0.2, 0.25) is 0 Å². The highest BCUT2D eigenvalue weighted by atomic mass is 16.3. The Kier molecular flexibility index (Phi) is 5.10. The number of fused-ring (bicyclic) bond motifs is 6. The first kappa shape index (κ1) is 21.9. The van der Waals surface area contributed by atoms with Crippen LogP contribution in [0.1, 0.15) is 16.4 Å². The van der Waals surface area contributed by atoms with E-state index in [9.17, 15) is 6.85 Å². The quantitative estimate of drug-likeness (QED) is 0.171. The molecule has 0 aliphatic rings. The second-order valence-electron chi connectivity index (χ2n) is 13.1. The zero-order valence-corrected chi connectivity index (χ0v) is 29.2. The number of para-hydroxylation sites is 3. The highest BCUT2D eigenvalue weighted by Crippen LogP contribution is 2.42. The normalized spacial score (nSPS) is 14.6. The fourth-order valence-corrected chi connectivity index (χ4v) is 7.23. The van der Waals surface area contributed by atoms with Gasteiger partial charge in [-0.2, -0.15) is 0 Å². The van der Waals surface area contributed by atoms with Crippen LogP contribution in [0.4, 0.5) is 0 Å². The minimum absolute atomic E-state index is 0.147. The van der Waals surface area contributed by atoms with Gasteiger partial charge in [-0.1, -0.05) is 158 Å². The summed E-state index contributed by atoms with van der Waals surface area (Å²) in [4.78, 5) is 14.9. The Morgan fingerprint density at radius 2 is 1.09 bits per heavy atom. The Balaban J connectivity index is 1.32. The smallest absolute Gasteiger partial charge is 0.166 e. The summed E-state index contributed by atoms with van der Waals surface area (Å²) in [5.74, 6) is 0.801. The second-order valence-corrected chi connectivity index (χ2v) is 13.1. The van der Waals surface area contributed by atoms with Gasteiger partial charge in [0.1, 0.15) is 11.2 Å². The zero-order valence-electron chi connectivity index (χ0n) is 41.2. The van der Waals surface area contributed by atoms with Crippen LogP contribution in [-0.2, 0) is 0 Å². The van der Waals surface area contributed by atoms with Crippen LogP contribution in [0.3, 0.4) is 0 Å². The van der Waals surface area contributed by atoms with E-state index in [0.717, 1.165) is 10.8 Å². The highest BCUT2D eigenvalue weighted by Gasteiger charge is 2.22. The van der Waals surface area contributed by atoms with Gasteiger partial charge in [0, 0.05) is 43.8 Å². The second kappa shape index (κ2) is 13.0. The van der Waals surface area contributed by atoms with Crippen molar-refractivity contribution in [3.63, 3.8) is 0 Å². The molecule has 56 heavy (non-hydrogen) atoms. The van der Waals surface area contributed by atoms with Crippen LogP contribution in [0.15, 0.2) is 198 Å². The fraction of sp³-hybridized carbons (Fsp3) is 0. The Hall–Kier alpha value is -7.63. The zero-order chi connectivity index (χ0) is 47.4. The van der Waals surface area contributed by atoms with E-state index < -0.39 is 83.6 Å². The summed E-state index contributed by atoms with van der Waals surface area (Å²) in [5, 5.41) is 1.36. The van der Waals surface area contributed by atoms with Crippen LogP contribution in [0.5, 0.6) is 0 Å². The molecule has 262 valence electrons. The topological polar surface area (TPSA) is 56.7 Å². The third-order valence-corrected chi connectivity index (χ3v) is 9.80. The number of aromatic nitrogens is 4. The van der Waals surface area contributed by atoms with Crippen molar-refractivity contribution in [2.24, 2.45) is 0 Å². The molecule has 0 atom stereocenters. The lowest BCUT2D eigenvalue weighted by atomic mass is 9.99. The molecule has 0 N–H and O–H groups in total. The predicted molar refractivity (Wildman–Crippen MR) is 229 cm³/mol. The number of hydrogen-bond donors (Lipinski definition) is 0. The molecule has 0 aliphatic heterocycles. The highest BCUT2D eigenvalue weighted by molar-refractivity contribution is 6.12. The molecule has 0 spiro atoms. The summed E-state index contributed by atoms with van der Waals surface area (Å²) in [5.41, 5.74) is 3.10. The van der Waals surface area contributed by atoms with Crippen LogP contribution in [0.25, 0.3) is 106 Å². The molecule has 0 saturated carbocycles. The van der Waals surface area contributed by atoms with Crippen LogP contribution < -0.4 is 0 Å². The van der Waals surface area contributed by atoms with E-state index in [1.807, 2.05) is 109 Å². The van der Waals surface area contributed by atoms with E-state index in [-0.39, 0.29) is 33.3 Å². The molecule has 0 saturated heterocycles. The van der Waals surface area contributed by atoms with E-state index in [0.29, 0.717) is 50.6 Å². The molecule has 0 radical (unpaired) electrons. The average Bonchev–Trinajstić information content (AvgIpc) is 3.94. The Morgan fingerprint density at radius 3 is 1.88 bits per heavy atom. The summed E-state index contributed by atoms with van der Waals surface area (Å²) in [7, 11) is 0. The Morgan fingerprint density at radius 1 is 0.429 bits per heavy atom. The standard InChI is InChI=1S/C51H32N4O/c1-4-15-33(16-5-1)36-28-30-45-43(31-36)39-21-10-12-25-44(39)55(45)46-32-37(38-23-14-24-41-40-22-11-13-26-47(40)56-48(38)41)27-29-42(46)51-53-49(34-17-6-2-7-18-34)52-50(54-51)35-19-8-3-9-20-35/h1-32H/i1D,4D,5D,10D,12D,15D,16D,21D,25D,28D,30D,31D. The van der Waals surface area contributed by atoms with E-state index in [4.69, 9.17) is 29.0 Å². The molecular weight excluding hydrogens is 685 g/mol. The van der Waals surface area contributed by atoms with Gasteiger partial charge in [-0.25, -0.2) is 15.0 Å². The summed E-state index contributed by atoms with van der Waals surface area (Å²) in [6.07, 6.45) is 0. The first-order valence-electron chi connectivity index (χ1n) is 23.8. The fourth-order valence-electron chi connectivity index (χ4n) is 7.23. The van der Waals surface area contributed by atoms with Crippen molar-refractivity contribution in [1.82, 2.24) is 19.5 Å². The number of hydrogen-bond acceptors (Lipinski definition) is 4. The maximum atomic E-state index is 9.79. The van der Waals surface area contributed by atoms with Gasteiger partial charge in [-0.15, -0.1) is 0 Å². The van der Waals surface area contributed by atoms with Crippen LogP contribution in [-0.4, -0.2) is 19.5 Å². The molecule has 11 rings (SSSR count). The first-order valence-corrected chi connectivity index (χ1v) is 17.8. The van der Waals surface area contributed by atoms with Crippen molar-refractivity contribution >= 4 is 43.7 Å². The molecular formula is C51H32N4O. The summed E-state index contributed by atoms with van der Waals surface area (Å²) >= 11 is 0. The molecule has 3 heterocycles. The molecule has 11 aromatic rings. The summed E-state index contributed by atoms with van der Waals surface area (Å²) in [6.45, 7) is 0. The van der Waals surface area contributed by atoms with E-state index in [1.54, 1.807) is 12.1 Å². The van der Waals surface area contributed by atoms with Crippen molar-refractivity contribution in [3.05, 3.63) is 194 Å². The molecule has 0 unspecified atom stereocenters. The van der Waals surface area contributed by atoms with Crippen molar-refractivity contribution in [3.8, 4) is 62.1 Å². The number of nitrogens with zero attached hydrogens (tertiary/aromatic N) is 4. The molecule has 0 bridgehead atoms. The van der Waals surface area contributed by atoms with Gasteiger partial charge in [0.2, 0.25) is 0 Å². The summed E-state index contributed by atoms with van der Waals surface area (Å²) < 4.78 is 116. The number of furan rings is 1. The SMILES string of the molecule is [2H]c1c([2H])c([2H])c(-c2c([2H])c([2H])c3c(c2[2H])c2c([2H])c([2H])c([2H])c([2H])c2n3-c2cc(-c3cccc4c3oc3ccccc34)ccc2-c2nc(-c3ccccc3)nc(-c3ccccc3)n2)c([2H])c1[2H]. The van der Waals surface area contributed by atoms with Gasteiger partial charge in [0.25, 0.3) is 0 Å². The Bertz CT molecular complexity index is 3860. The van der Waals surface area contributed by atoms with Crippen molar-refractivity contribution in [2.75, 3.05) is 0 Å². The van der Waals surface area contributed by atoms with Crippen molar-refractivity contribution in [2.45, 2.75) is 0 Å². The van der Waals surface area contributed by atoms with Gasteiger partial charge in [0.05, 0.1) is 33.2 Å². The van der Waals surface area contributed by atoms with Crippen molar-refractivity contribution in [1.29, 1.82) is 0 Å². The van der Waals surface area contributed by atoms with Gasteiger partial charge in [-0.3, -0.25) is 0 Å². The third kappa shape index (κ3) is 5.29. The van der Waals surface area contributed by atoms with Gasteiger partial charge in [0.15, 0.2) is 17.5 Å². The van der Waals surface area contributed by atoms with Gasteiger partial charge >= 0.3 is 0 Å². The lowest BCUT2D eigenvalue weighted by molar-refractivity contribution is 0.670. The first-order chi connectivity index (χ1) is 32.8.